The lowest BCUT2D eigenvalue weighted by atomic mass is 10.1. The van der Waals surface area contributed by atoms with Crippen LogP contribution >= 0.6 is 0 Å². The fourth-order valence-corrected chi connectivity index (χ4v) is 3.10. The molecule has 0 bridgehead atoms. The Kier molecular flexibility index (Phi) is 5.66. The Morgan fingerprint density at radius 1 is 1.19 bits per heavy atom. The summed E-state index contributed by atoms with van der Waals surface area (Å²) in [6.07, 6.45) is 1.15. The van der Waals surface area contributed by atoms with Crippen LogP contribution in [0.15, 0.2) is 41.4 Å². The number of guanidine groups is 1. The predicted octanol–water partition coefficient (Wildman–Crippen LogP) is 3.19. The van der Waals surface area contributed by atoms with E-state index in [-0.39, 0.29) is 6.10 Å². The molecular formula is C21H27N3O2. The van der Waals surface area contributed by atoms with Crippen LogP contribution in [0.3, 0.4) is 0 Å². The van der Waals surface area contributed by atoms with Gasteiger partial charge >= 0.3 is 0 Å². The number of methoxy groups -OCH3 is 1. The SMILES string of the molecule is CN=C(NCc1ccc(C)cc1)NCc1cc2c(cc1OC)CC(C)O2. The van der Waals surface area contributed by atoms with Crippen molar-refractivity contribution in [3.63, 3.8) is 0 Å². The summed E-state index contributed by atoms with van der Waals surface area (Å²) in [6, 6.07) is 12.6. The van der Waals surface area contributed by atoms with Gasteiger partial charge in [-0.15, -0.1) is 0 Å². The molecule has 0 aromatic heterocycles. The van der Waals surface area contributed by atoms with Gasteiger partial charge in [-0.3, -0.25) is 4.99 Å². The van der Waals surface area contributed by atoms with E-state index in [2.05, 4.69) is 65.9 Å². The lowest BCUT2D eigenvalue weighted by molar-refractivity contribution is 0.254. The highest BCUT2D eigenvalue weighted by molar-refractivity contribution is 5.79. The first kappa shape index (κ1) is 18.1. The second-order valence-corrected chi connectivity index (χ2v) is 6.67. The van der Waals surface area contributed by atoms with Gasteiger partial charge in [0.1, 0.15) is 17.6 Å². The minimum atomic E-state index is 0.224. The van der Waals surface area contributed by atoms with Crippen LogP contribution in [0.5, 0.6) is 11.5 Å². The molecule has 0 saturated carbocycles. The highest BCUT2D eigenvalue weighted by Gasteiger charge is 2.21. The number of nitrogens with zero attached hydrogens (tertiary/aromatic N) is 1. The molecule has 1 aliphatic heterocycles. The molecule has 0 fully saturated rings. The molecule has 0 saturated heterocycles. The molecule has 0 spiro atoms. The van der Waals surface area contributed by atoms with Crippen LogP contribution in [0.2, 0.25) is 0 Å². The molecule has 1 aliphatic rings. The van der Waals surface area contributed by atoms with E-state index >= 15 is 0 Å². The van der Waals surface area contributed by atoms with Gasteiger partial charge in [-0.1, -0.05) is 29.8 Å². The van der Waals surface area contributed by atoms with Crippen molar-refractivity contribution in [2.24, 2.45) is 4.99 Å². The van der Waals surface area contributed by atoms with Gasteiger partial charge in [0.2, 0.25) is 0 Å². The van der Waals surface area contributed by atoms with Crippen molar-refractivity contribution in [3.05, 3.63) is 58.7 Å². The van der Waals surface area contributed by atoms with Crippen molar-refractivity contribution in [2.75, 3.05) is 14.2 Å². The summed E-state index contributed by atoms with van der Waals surface area (Å²) in [5, 5.41) is 6.69. The zero-order valence-corrected chi connectivity index (χ0v) is 15.9. The number of hydrogen-bond donors (Lipinski definition) is 2. The summed E-state index contributed by atoms with van der Waals surface area (Å²) < 4.78 is 11.4. The van der Waals surface area contributed by atoms with Gasteiger partial charge in [0.05, 0.1) is 7.11 Å². The minimum absolute atomic E-state index is 0.224. The Morgan fingerprint density at radius 3 is 2.62 bits per heavy atom. The van der Waals surface area contributed by atoms with Crippen LogP contribution in [-0.2, 0) is 19.5 Å². The molecule has 5 heteroatoms. The molecular weight excluding hydrogens is 326 g/mol. The Balaban J connectivity index is 1.62. The number of aliphatic imine (C=N–C) groups is 1. The molecule has 26 heavy (non-hydrogen) atoms. The Labute approximate surface area is 155 Å². The molecule has 2 N–H and O–H groups in total. The average molecular weight is 353 g/mol. The first-order chi connectivity index (χ1) is 12.6. The number of ether oxygens (including phenoxy) is 2. The topological polar surface area (TPSA) is 54.9 Å². The Morgan fingerprint density at radius 2 is 1.92 bits per heavy atom. The molecule has 2 aromatic rings. The summed E-state index contributed by atoms with van der Waals surface area (Å²) >= 11 is 0. The first-order valence-electron chi connectivity index (χ1n) is 8.95. The van der Waals surface area contributed by atoms with Gasteiger partial charge < -0.3 is 20.1 Å². The summed E-state index contributed by atoms with van der Waals surface area (Å²) in [5.74, 6) is 2.59. The molecule has 1 heterocycles. The Bertz CT molecular complexity index is 785. The van der Waals surface area contributed by atoms with Crippen molar-refractivity contribution in [1.29, 1.82) is 0 Å². The fourth-order valence-electron chi connectivity index (χ4n) is 3.10. The highest BCUT2D eigenvalue weighted by atomic mass is 16.5. The number of fused-ring (bicyclic) bond motifs is 1. The average Bonchev–Trinajstić information content (AvgIpc) is 3.01. The van der Waals surface area contributed by atoms with Crippen LogP contribution in [-0.4, -0.2) is 26.2 Å². The second-order valence-electron chi connectivity index (χ2n) is 6.67. The lowest BCUT2D eigenvalue weighted by Crippen LogP contribution is -2.36. The van der Waals surface area contributed by atoms with Crippen LogP contribution in [0.25, 0.3) is 0 Å². The van der Waals surface area contributed by atoms with Gasteiger partial charge in [-0.25, -0.2) is 0 Å². The summed E-state index contributed by atoms with van der Waals surface area (Å²) in [5.41, 5.74) is 4.74. The summed E-state index contributed by atoms with van der Waals surface area (Å²) in [6.45, 7) is 5.51. The van der Waals surface area contributed by atoms with E-state index < -0.39 is 0 Å². The number of hydrogen-bond acceptors (Lipinski definition) is 3. The maximum absolute atomic E-state index is 5.87. The van der Waals surface area contributed by atoms with E-state index in [1.165, 1.54) is 16.7 Å². The number of benzene rings is 2. The van der Waals surface area contributed by atoms with Gasteiger partial charge in [-0.05, 0) is 31.5 Å². The number of rotatable bonds is 5. The van der Waals surface area contributed by atoms with Crippen LogP contribution < -0.4 is 20.1 Å². The quantitative estimate of drug-likeness (QED) is 0.640. The van der Waals surface area contributed by atoms with Crippen molar-refractivity contribution in [1.82, 2.24) is 10.6 Å². The molecule has 1 unspecified atom stereocenters. The van der Waals surface area contributed by atoms with Crippen LogP contribution in [0.4, 0.5) is 0 Å². The molecule has 0 aliphatic carbocycles. The smallest absolute Gasteiger partial charge is 0.191 e. The van der Waals surface area contributed by atoms with Gasteiger partial charge in [0, 0.05) is 37.7 Å². The van der Waals surface area contributed by atoms with E-state index in [4.69, 9.17) is 9.47 Å². The van der Waals surface area contributed by atoms with Crippen molar-refractivity contribution in [3.8, 4) is 11.5 Å². The van der Waals surface area contributed by atoms with Gasteiger partial charge in [0.15, 0.2) is 5.96 Å². The van der Waals surface area contributed by atoms with Crippen molar-refractivity contribution in [2.45, 2.75) is 39.5 Å². The minimum Gasteiger partial charge on any atom is -0.496 e. The molecule has 2 aromatic carbocycles. The standard InChI is InChI=1S/C21H27N3O2/c1-14-5-7-16(8-6-14)12-23-21(22-3)24-13-18-11-20-17(9-15(2)26-20)10-19(18)25-4/h5-8,10-11,15H,9,12-13H2,1-4H3,(H2,22,23,24). The predicted molar refractivity (Wildman–Crippen MR) is 105 cm³/mol. The normalized spacial score (nSPS) is 16.0. The molecule has 138 valence electrons. The van der Waals surface area contributed by atoms with E-state index in [1.807, 2.05) is 0 Å². The zero-order valence-electron chi connectivity index (χ0n) is 15.9. The lowest BCUT2D eigenvalue weighted by Gasteiger charge is -2.15. The van der Waals surface area contributed by atoms with Crippen molar-refractivity contribution < 1.29 is 9.47 Å². The Hall–Kier alpha value is -2.69. The van der Waals surface area contributed by atoms with Gasteiger partial charge in [-0.2, -0.15) is 0 Å². The number of aryl methyl sites for hydroxylation is 1. The largest absolute Gasteiger partial charge is 0.496 e. The monoisotopic (exact) mass is 353 g/mol. The highest BCUT2D eigenvalue weighted by Crippen LogP contribution is 2.34. The molecule has 5 nitrogen and oxygen atoms in total. The maximum atomic E-state index is 5.87. The van der Waals surface area contributed by atoms with E-state index in [9.17, 15) is 0 Å². The third-order valence-electron chi connectivity index (χ3n) is 4.55. The summed E-state index contributed by atoms with van der Waals surface area (Å²) in [4.78, 5) is 4.30. The number of nitrogens with one attached hydrogen (secondary N) is 2. The van der Waals surface area contributed by atoms with E-state index in [0.29, 0.717) is 6.54 Å². The molecule has 0 radical (unpaired) electrons. The fraction of sp³-hybridized carbons (Fsp3) is 0.381. The zero-order chi connectivity index (χ0) is 18.5. The molecule has 0 amide bonds. The molecule has 1 atom stereocenters. The third kappa shape index (κ3) is 4.28. The van der Waals surface area contributed by atoms with Crippen molar-refractivity contribution >= 4 is 5.96 Å². The van der Waals surface area contributed by atoms with E-state index in [1.54, 1.807) is 14.2 Å². The maximum Gasteiger partial charge on any atom is 0.191 e. The first-order valence-corrected chi connectivity index (χ1v) is 8.95. The molecule has 3 rings (SSSR count). The van der Waals surface area contributed by atoms with E-state index in [0.717, 1.165) is 36.0 Å². The second kappa shape index (κ2) is 8.13. The van der Waals surface area contributed by atoms with Crippen LogP contribution in [0, 0.1) is 6.92 Å². The van der Waals surface area contributed by atoms with Gasteiger partial charge in [0.25, 0.3) is 0 Å². The summed E-state index contributed by atoms with van der Waals surface area (Å²) in [7, 11) is 3.48. The van der Waals surface area contributed by atoms with Crippen LogP contribution in [0.1, 0.15) is 29.2 Å². The third-order valence-corrected chi connectivity index (χ3v) is 4.55.